The predicted octanol–water partition coefficient (Wildman–Crippen LogP) is 2.98. The van der Waals surface area contributed by atoms with Crippen molar-refractivity contribution in [3.05, 3.63) is 59.3 Å². The number of ether oxygens (including phenoxy) is 1. The summed E-state index contributed by atoms with van der Waals surface area (Å²) >= 11 is 0. The number of hydrogen-bond donors (Lipinski definition) is 2. The fourth-order valence-electron chi connectivity index (χ4n) is 2.60. The average Bonchev–Trinajstić information content (AvgIpc) is 3.53. The predicted molar refractivity (Wildman–Crippen MR) is 102 cm³/mol. The molecule has 3 rings (SSSR count). The van der Waals surface area contributed by atoms with E-state index >= 15 is 0 Å². The quantitative estimate of drug-likeness (QED) is 0.598. The molecular weight excluding hydrogens is 380 g/mol. The first kappa shape index (κ1) is 20.7. The fourth-order valence-corrected chi connectivity index (χ4v) is 2.60. The van der Waals surface area contributed by atoms with Crippen LogP contribution < -0.4 is 15.4 Å². The van der Waals surface area contributed by atoms with Crippen LogP contribution in [0.4, 0.5) is 8.78 Å². The van der Waals surface area contributed by atoms with Crippen LogP contribution in [-0.2, 0) is 11.3 Å². The van der Waals surface area contributed by atoms with E-state index in [0.29, 0.717) is 37.4 Å². The Hall–Kier alpha value is -3.03. The van der Waals surface area contributed by atoms with Gasteiger partial charge >= 0.3 is 0 Å². The highest BCUT2D eigenvalue weighted by atomic mass is 19.1. The third-order valence-electron chi connectivity index (χ3n) is 4.49. The monoisotopic (exact) mass is 403 g/mol. The van der Waals surface area contributed by atoms with Gasteiger partial charge in [0.25, 0.3) is 5.91 Å². The zero-order chi connectivity index (χ0) is 20.6. The lowest BCUT2D eigenvalue weighted by Gasteiger charge is -2.08. The molecule has 1 aliphatic rings. The molecule has 2 N–H and O–H groups in total. The minimum absolute atomic E-state index is 0.165. The molecule has 1 heterocycles. The summed E-state index contributed by atoms with van der Waals surface area (Å²) in [5.74, 6) is -1.22. The van der Waals surface area contributed by atoms with Crippen LogP contribution in [0.3, 0.4) is 0 Å². The molecule has 1 saturated carbocycles. The molecule has 0 radical (unpaired) electrons. The molecule has 2 aromatic rings. The van der Waals surface area contributed by atoms with E-state index in [1.165, 1.54) is 12.8 Å². The number of halogens is 2. The third kappa shape index (κ3) is 6.81. The van der Waals surface area contributed by atoms with E-state index in [-0.39, 0.29) is 24.4 Å². The van der Waals surface area contributed by atoms with E-state index in [0.717, 1.165) is 17.7 Å². The molecule has 1 aromatic carbocycles. The van der Waals surface area contributed by atoms with Gasteiger partial charge in [-0.1, -0.05) is 6.07 Å². The highest BCUT2D eigenvalue weighted by molar-refractivity contribution is 5.94. The van der Waals surface area contributed by atoms with Crippen LogP contribution in [0.25, 0.3) is 0 Å². The van der Waals surface area contributed by atoms with Crippen molar-refractivity contribution in [2.45, 2.75) is 32.2 Å². The lowest BCUT2D eigenvalue weighted by atomic mass is 10.2. The number of nitrogens with one attached hydrogen (secondary N) is 2. The number of carbonyl (C=O) groups excluding carboxylic acids is 2. The highest BCUT2D eigenvalue weighted by Crippen LogP contribution is 2.29. The lowest BCUT2D eigenvalue weighted by molar-refractivity contribution is -0.121. The van der Waals surface area contributed by atoms with E-state index < -0.39 is 17.5 Å². The van der Waals surface area contributed by atoms with Gasteiger partial charge in [-0.25, -0.2) is 13.8 Å². The Morgan fingerprint density at radius 3 is 2.66 bits per heavy atom. The zero-order valence-corrected chi connectivity index (χ0v) is 15.9. The Labute approximate surface area is 167 Å². The summed E-state index contributed by atoms with van der Waals surface area (Å²) in [7, 11) is 0. The van der Waals surface area contributed by atoms with Crippen LogP contribution in [-0.4, -0.2) is 29.9 Å². The zero-order valence-electron chi connectivity index (χ0n) is 15.9. The molecule has 0 atom stereocenters. The number of hydrogen-bond acceptors (Lipinski definition) is 4. The maximum atomic E-state index is 13.5. The second-order valence-corrected chi connectivity index (χ2v) is 7.02. The molecule has 29 heavy (non-hydrogen) atoms. The van der Waals surface area contributed by atoms with Gasteiger partial charge in [0, 0.05) is 37.8 Å². The van der Waals surface area contributed by atoms with Crippen molar-refractivity contribution in [3.8, 4) is 5.88 Å². The van der Waals surface area contributed by atoms with Gasteiger partial charge in [-0.05, 0) is 42.9 Å². The first-order valence-corrected chi connectivity index (χ1v) is 9.59. The second kappa shape index (κ2) is 9.95. The smallest absolute Gasteiger partial charge is 0.254 e. The minimum Gasteiger partial charge on any atom is -0.477 e. The maximum absolute atomic E-state index is 13.5. The summed E-state index contributed by atoms with van der Waals surface area (Å²) in [6, 6.07) is 6.40. The lowest BCUT2D eigenvalue weighted by Crippen LogP contribution is -2.28. The molecule has 8 heteroatoms. The topological polar surface area (TPSA) is 80.3 Å². The number of pyridine rings is 1. The van der Waals surface area contributed by atoms with Crippen LogP contribution in [0.5, 0.6) is 5.88 Å². The van der Waals surface area contributed by atoms with Crippen molar-refractivity contribution in [2.24, 2.45) is 5.92 Å². The summed E-state index contributed by atoms with van der Waals surface area (Å²) < 4.78 is 32.0. The molecule has 0 bridgehead atoms. The Bertz CT molecular complexity index is 855. The largest absolute Gasteiger partial charge is 0.477 e. The van der Waals surface area contributed by atoms with Crippen molar-refractivity contribution in [1.82, 2.24) is 15.6 Å². The molecular formula is C21H23F2N3O3. The minimum atomic E-state index is -0.919. The van der Waals surface area contributed by atoms with Crippen molar-refractivity contribution < 1.29 is 23.1 Å². The van der Waals surface area contributed by atoms with Crippen LogP contribution in [0.2, 0.25) is 0 Å². The first-order valence-electron chi connectivity index (χ1n) is 9.59. The molecule has 0 spiro atoms. The Morgan fingerprint density at radius 1 is 1.14 bits per heavy atom. The normalized spacial score (nSPS) is 13.0. The third-order valence-corrected chi connectivity index (χ3v) is 4.49. The van der Waals surface area contributed by atoms with E-state index in [9.17, 15) is 18.4 Å². The number of nitrogens with zero attached hydrogens (tertiary/aromatic N) is 1. The summed E-state index contributed by atoms with van der Waals surface area (Å²) in [5.41, 5.74) is 0.630. The summed E-state index contributed by atoms with van der Waals surface area (Å²) in [6.07, 6.45) is 4.71. The second-order valence-electron chi connectivity index (χ2n) is 7.02. The fraction of sp³-hybridized carbons (Fsp3) is 0.381. The van der Waals surface area contributed by atoms with E-state index in [2.05, 4.69) is 15.6 Å². The molecule has 154 valence electrons. The molecule has 6 nitrogen and oxygen atoms in total. The summed E-state index contributed by atoms with van der Waals surface area (Å²) in [6.45, 7) is 1.26. The van der Waals surface area contributed by atoms with Gasteiger partial charge in [-0.15, -0.1) is 0 Å². The number of aromatic nitrogens is 1. The number of benzene rings is 1. The van der Waals surface area contributed by atoms with Gasteiger partial charge in [0.05, 0.1) is 12.2 Å². The Morgan fingerprint density at radius 2 is 1.97 bits per heavy atom. The number of amides is 2. The van der Waals surface area contributed by atoms with Crippen LogP contribution in [0.15, 0.2) is 36.5 Å². The van der Waals surface area contributed by atoms with Crippen LogP contribution >= 0.6 is 0 Å². The van der Waals surface area contributed by atoms with Gasteiger partial charge in [-0.3, -0.25) is 9.59 Å². The number of rotatable bonds is 10. The SMILES string of the molecule is O=C(CCCNC(=O)c1ccc(F)cc1F)NCc1ccc(OCC2CC2)nc1. The van der Waals surface area contributed by atoms with Crippen molar-refractivity contribution in [2.75, 3.05) is 13.2 Å². The van der Waals surface area contributed by atoms with Crippen LogP contribution in [0, 0.1) is 17.6 Å². The summed E-state index contributed by atoms with van der Waals surface area (Å²) in [4.78, 5) is 28.0. The maximum Gasteiger partial charge on any atom is 0.254 e. The molecule has 1 aromatic heterocycles. The average molecular weight is 403 g/mol. The Kier molecular flexibility index (Phi) is 7.10. The molecule has 0 unspecified atom stereocenters. The van der Waals surface area contributed by atoms with Gasteiger partial charge in [0.1, 0.15) is 11.6 Å². The standard InChI is InChI=1S/C21H23F2N3O3/c22-16-6-7-17(18(23)10-16)21(28)24-9-1-2-19(27)25-11-15-5-8-20(26-12-15)29-13-14-3-4-14/h5-8,10,12,14H,1-4,9,11,13H2,(H,24,28)(H,25,27). The highest BCUT2D eigenvalue weighted by Gasteiger charge is 2.22. The van der Waals surface area contributed by atoms with Crippen LogP contribution in [0.1, 0.15) is 41.6 Å². The molecule has 0 saturated heterocycles. The molecule has 1 fully saturated rings. The van der Waals surface area contributed by atoms with E-state index in [4.69, 9.17) is 4.74 Å². The van der Waals surface area contributed by atoms with Gasteiger partial charge in [0.15, 0.2) is 0 Å². The van der Waals surface area contributed by atoms with Gasteiger partial charge in [-0.2, -0.15) is 0 Å². The van der Waals surface area contributed by atoms with Crippen molar-refractivity contribution in [1.29, 1.82) is 0 Å². The van der Waals surface area contributed by atoms with Gasteiger partial charge < -0.3 is 15.4 Å². The molecule has 1 aliphatic carbocycles. The van der Waals surface area contributed by atoms with Crippen molar-refractivity contribution >= 4 is 11.8 Å². The van der Waals surface area contributed by atoms with E-state index in [1.54, 1.807) is 12.3 Å². The Balaban J connectivity index is 1.31. The molecule has 2 amide bonds. The van der Waals surface area contributed by atoms with Crippen molar-refractivity contribution in [3.63, 3.8) is 0 Å². The van der Waals surface area contributed by atoms with Gasteiger partial charge in [0.2, 0.25) is 11.8 Å². The number of carbonyl (C=O) groups is 2. The van der Waals surface area contributed by atoms with E-state index in [1.807, 2.05) is 6.07 Å². The first-order chi connectivity index (χ1) is 14.0. The summed E-state index contributed by atoms with van der Waals surface area (Å²) in [5, 5.41) is 5.29. The molecule has 0 aliphatic heterocycles.